The van der Waals surface area contributed by atoms with Crippen LogP contribution in [0.2, 0.25) is 0 Å². The summed E-state index contributed by atoms with van der Waals surface area (Å²) in [6.45, 7) is 1.81. The monoisotopic (exact) mass is 271 g/mol. The first-order chi connectivity index (χ1) is 8.15. The zero-order valence-corrected chi connectivity index (χ0v) is 10.5. The molecule has 0 radical (unpaired) electrons. The van der Waals surface area contributed by atoms with Gasteiger partial charge in [0.25, 0.3) is 0 Å². The van der Waals surface area contributed by atoms with Crippen LogP contribution in [0, 0.1) is 6.92 Å². The topological polar surface area (TPSA) is 89.1 Å². The summed E-state index contributed by atoms with van der Waals surface area (Å²) in [4.78, 5) is 19.6. The summed E-state index contributed by atoms with van der Waals surface area (Å²) < 4.78 is 5.67. The van der Waals surface area contributed by atoms with Gasteiger partial charge in [0.2, 0.25) is 5.89 Å². The molecule has 17 heavy (non-hydrogen) atoms. The Bertz CT molecular complexity index is 510. The Labute approximate surface area is 105 Å². The maximum absolute atomic E-state index is 10.6. The van der Waals surface area contributed by atoms with E-state index in [-0.39, 0.29) is 6.42 Å². The third kappa shape index (κ3) is 3.27. The fourth-order valence-electron chi connectivity index (χ4n) is 1.15. The maximum atomic E-state index is 10.6. The van der Waals surface area contributed by atoms with Crippen LogP contribution in [0.4, 0.5) is 0 Å². The highest BCUT2D eigenvalue weighted by Gasteiger charge is 2.12. The number of carboxylic acids is 1. The van der Waals surface area contributed by atoms with Gasteiger partial charge < -0.3 is 9.63 Å². The maximum Gasteiger partial charge on any atom is 0.308 e. The smallest absolute Gasteiger partial charge is 0.308 e. The van der Waals surface area contributed by atoms with Crippen LogP contribution in [0.15, 0.2) is 15.2 Å². The Morgan fingerprint density at radius 3 is 3.12 bits per heavy atom. The van der Waals surface area contributed by atoms with Crippen molar-refractivity contribution < 1.29 is 14.4 Å². The quantitative estimate of drug-likeness (QED) is 0.828. The van der Waals surface area contributed by atoms with E-state index in [1.807, 2.05) is 6.92 Å². The summed E-state index contributed by atoms with van der Waals surface area (Å²) in [5, 5.41) is 12.2. The molecule has 0 aliphatic heterocycles. The van der Waals surface area contributed by atoms with Crippen molar-refractivity contribution in [3.8, 4) is 0 Å². The second kappa shape index (κ2) is 5.28. The molecule has 0 saturated carbocycles. The molecule has 0 bridgehead atoms. The van der Waals surface area contributed by atoms with Crippen molar-refractivity contribution >= 4 is 29.1 Å². The molecule has 0 unspecified atom stereocenters. The van der Waals surface area contributed by atoms with Crippen molar-refractivity contribution in [1.82, 2.24) is 15.1 Å². The highest BCUT2D eigenvalue weighted by atomic mass is 32.2. The van der Waals surface area contributed by atoms with Gasteiger partial charge in [-0.2, -0.15) is 4.98 Å². The minimum Gasteiger partial charge on any atom is -0.481 e. The van der Waals surface area contributed by atoms with E-state index >= 15 is 0 Å². The molecule has 2 heterocycles. The van der Waals surface area contributed by atoms with Crippen LogP contribution in [-0.2, 0) is 17.0 Å². The Balaban J connectivity index is 1.99. The number of hydrogen-bond acceptors (Lipinski definition) is 7. The lowest BCUT2D eigenvalue weighted by Gasteiger charge is -1.90. The van der Waals surface area contributed by atoms with Gasteiger partial charge in [-0.1, -0.05) is 16.9 Å². The standard InChI is InChI=1S/C9H9N3O3S2/c1-5-6(2-8(13)14)17-9(12-5)16-3-7-10-4-11-15-7/h4H,2-3H2,1H3,(H,13,14). The number of carbonyl (C=O) groups is 1. The third-order valence-corrected chi connectivity index (χ3v) is 4.20. The Kier molecular flexibility index (Phi) is 3.75. The zero-order chi connectivity index (χ0) is 12.3. The van der Waals surface area contributed by atoms with Crippen molar-refractivity contribution in [2.45, 2.75) is 23.4 Å². The van der Waals surface area contributed by atoms with Crippen molar-refractivity contribution in [3.63, 3.8) is 0 Å². The number of thiazole rings is 1. The van der Waals surface area contributed by atoms with Gasteiger partial charge in [-0.25, -0.2) is 4.98 Å². The van der Waals surface area contributed by atoms with Gasteiger partial charge in [0.05, 0.1) is 17.9 Å². The van der Waals surface area contributed by atoms with Gasteiger partial charge in [-0.05, 0) is 6.92 Å². The first-order valence-corrected chi connectivity index (χ1v) is 6.52. The molecule has 0 saturated heterocycles. The summed E-state index contributed by atoms with van der Waals surface area (Å²) in [6, 6.07) is 0. The number of aliphatic carboxylic acids is 1. The summed E-state index contributed by atoms with van der Waals surface area (Å²) in [7, 11) is 0. The third-order valence-electron chi connectivity index (χ3n) is 1.91. The molecule has 0 fully saturated rings. The largest absolute Gasteiger partial charge is 0.481 e. The second-order valence-corrected chi connectivity index (χ2v) is 5.49. The van der Waals surface area contributed by atoms with Gasteiger partial charge in [0.15, 0.2) is 10.7 Å². The molecule has 6 nitrogen and oxygen atoms in total. The highest BCUT2D eigenvalue weighted by molar-refractivity contribution is 8.00. The SMILES string of the molecule is Cc1nc(SCc2ncno2)sc1CC(=O)O. The first kappa shape index (κ1) is 12.1. The van der Waals surface area contributed by atoms with Gasteiger partial charge in [0.1, 0.15) is 0 Å². The molecule has 8 heteroatoms. The second-order valence-electron chi connectivity index (χ2n) is 3.18. The number of thioether (sulfide) groups is 1. The number of aromatic nitrogens is 3. The minimum atomic E-state index is -0.842. The van der Waals surface area contributed by atoms with E-state index in [1.54, 1.807) is 0 Å². The van der Waals surface area contributed by atoms with Gasteiger partial charge in [0, 0.05) is 4.88 Å². The molecule has 0 aromatic carbocycles. The van der Waals surface area contributed by atoms with E-state index in [1.165, 1.54) is 29.4 Å². The molecule has 0 spiro atoms. The van der Waals surface area contributed by atoms with Crippen molar-refractivity contribution in [1.29, 1.82) is 0 Å². The first-order valence-electron chi connectivity index (χ1n) is 4.71. The summed E-state index contributed by atoms with van der Waals surface area (Å²) in [5.41, 5.74) is 0.769. The van der Waals surface area contributed by atoms with E-state index in [2.05, 4.69) is 15.1 Å². The fraction of sp³-hybridized carbons (Fsp3) is 0.333. The summed E-state index contributed by atoms with van der Waals surface area (Å²) >= 11 is 2.85. The van der Waals surface area contributed by atoms with Crippen LogP contribution in [-0.4, -0.2) is 26.2 Å². The lowest BCUT2D eigenvalue weighted by molar-refractivity contribution is -0.136. The molecular weight excluding hydrogens is 262 g/mol. The number of rotatable bonds is 5. The van der Waals surface area contributed by atoms with E-state index < -0.39 is 5.97 Å². The normalized spacial score (nSPS) is 10.6. The fourth-order valence-corrected chi connectivity index (χ4v) is 3.22. The Morgan fingerprint density at radius 1 is 1.65 bits per heavy atom. The van der Waals surface area contributed by atoms with E-state index in [9.17, 15) is 4.79 Å². The molecule has 2 aromatic heterocycles. The van der Waals surface area contributed by atoms with Gasteiger partial charge >= 0.3 is 5.97 Å². The number of hydrogen-bond donors (Lipinski definition) is 1. The van der Waals surface area contributed by atoms with Crippen LogP contribution >= 0.6 is 23.1 Å². The van der Waals surface area contributed by atoms with Crippen molar-refractivity contribution in [2.24, 2.45) is 0 Å². The van der Waals surface area contributed by atoms with Crippen LogP contribution in [0.25, 0.3) is 0 Å². The molecule has 0 amide bonds. The Hall–Kier alpha value is -1.41. The summed E-state index contributed by atoms with van der Waals surface area (Å²) in [6.07, 6.45) is 1.36. The number of aryl methyl sites for hydroxylation is 1. The lowest BCUT2D eigenvalue weighted by Crippen LogP contribution is -1.99. The molecule has 2 rings (SSSR count). The summed E-state index contributed by atoms with van der Waals surface area (Å²) in [5.74, 6) is 0.229. The zero-order valence-electron chi connectivity index (χ0n) is 8.91. The van der Waals surface area contributed by atoms with Gasteiger partial charge in [-0.15, -0.1) is 11.3 Å². The molecular formula is C9H9N3O3S2. The molecule has 2 aromatic rings. The predicted molar refractivity (Wildman–Crippen MR) is 62.0 cm³/mol. The van der Waals surface area contributed by atoms with Crippen LogP contribution in [0.3, 0.4) is 0 Å². The molecule has 0 aliphatic rings. The molecule has 90 valence electrons. The van der Waals surface area contributed by atoms with Crippen LogP contribution in [0.1, 0.15) is 16.5 Å². The van der Waals surface area contributed by atoms with E-state index in [4.69, 9.17) is 9.63 Å². The molecule has 0 atom stereocenters. The average molecular weight is 271 g/mol. The number of carboxylic acid groups (broad SMARTS) is 1. The van der Waals surface area contributed by atoms with Crippen LogP contribution in [0.5, 0.6) is 0 Å². The van der Waals surface area contributed by atoms with E-state index in [0.29, 0.717) is 11.6 Å². The predicted octanol–water partition coefficient (Wildman–Crippen LogP) is 1.75. The Morgan fingerprint density at radius 2 is 2.47 bits per heavy atom. The lowest BCUT2D eigenvalue weighted by atomic mass is 10.3. The number of nitrogens with zero attached hydrogens (tertiary/aromatic N) is 3. The van der Waals surface area contributed by atoms with Crippen molar-refractivity contribution in [2.75, 3.05) is 0 Å². The van der Waals surface area contributed by atoms with E-state index in [0.717, 1.165) is 14.9 Å². The van der Waals surface area contributed by atoms with Crippen LogP contribution < -0.4 is 0 Å². The van der Waals surface area contributed by atoms with Gasteiger partial charge in [-0.3, -0.25) is 4.79 Å². The van der Waals surface area contributed by atoms with Crippen molar-refractivity contribution in [3.05, 3.63) is 22.8 Å². The average Bonchev–Trinajstić information content (AvgIpc) is 2.86. The highest BCUT2D eigenvalue weighted by Crippen LogP contribution is 2.29. The molecule has 0 aliphatic carbocycles. The molecule has 1 N–H and O–H groups in total. The minimum absolute atomic E-state index is 0.0185.